The predicted octanol–water partition coefficient (Wildman–Crippen LogP) is 3.60. The maximum Gasteiger partial charge on any atom is 0.269 e. The third-order valence-electron chi connectivity index (χ3n) is 4.82. The van der Waals surface area contributed by atoms with Crippen molar-refractivity contribution in [3.8, 4) is 11.3 Å². The largest absolute Gasteiger partial charge is 0.392 e. The van der Waals surface area contributed by atoms with Crippen LogP contribution in [0.15, 0.2) is 53.7 Å². The van der Waals surface area contributed by atoms with Crippen LogP contribution in [0.25, 0.3) is 11.3 Å². The van der Waals surface area contributed by atoms with E-state index in [0.717, 1.165) is 16.8 Å². The van der Waals surface area contributed by atoms with Crippen molar-refractivity contribution in [3.63, 3.8) is 0 Å². The van der Waals surface area contributed by atoms with Crippen LogP contribution >= 0.6 is 0 Å². The van der Waals surface area contributed by atoms with Crippen molar-refractivity contribution in [2.75, 3.05) is 0 Å². The molecule has 0 aliphatic heterocycles. The lowest BCUT2D eigenvalue weighted by Crippen LogP contribution is -2.14. The molecule has 0 spiro atoms. The minimum Gasteiger partial charge on any atom is -0.392 e. The lowest BCUT2D eigenvalue weighted by molar-refractivity contribution is 0.281. The number of aromatic nitrogens is 2. The average molecular weight is 386 g/mol. The normalized spacial score (nSPS) is 14.5. The highest BCUT2D eigenvalue weighted by Crippen LogP contribution is 2.48. The van der Waals surface area contributed by atoms with E-state index < -0.39 is 15.8 Å². The summed E-state index contributed by atoms with van der Waals surface area (Å²) < 4.78 is 42.3. The zero-order valence-corrected chi connectivity index (χ0v) is 15.6. The van der Waals surface area contributed by atoms with E-state index in [9.17, 15) is 17.9 Å². The molecule has 0 unspecified atom stereocenters. The van der Waals surface area contributed by atoms with Gasteiger partial charge >= 0.3 is 0 Å². The molecule has 140 valence electrons. The van der Waals surface area contributed by atoms with E-state index in [-0.39, 0.29) is 23.0 Å². The lowest BCUT2D eigenvalue weighted by Gasteiger charge is -2.13. The second kappa shape index (κ2) is 6.58. The molecule has 1 saturated carbocycles. The monoisotopic (exact) mass is 386 g/mol. The Bertz CT molecular complexity index is 1100. The number of rotatable bonds is 5. The number of pyridine rings is 1. The van der Waals surface area contributed by atoms with Gasteiger partial charge in [-0.1, -0.05) is 12.1 Å². The van der Waals surface area contributed by atoms with Gasteiger partial charge in [-0.3, -0.25) is 4.98 Å². The van der Waals surface area contributed by atoms with E-state index in [1.807, 2.05) is 0 Å². The molecule has 5 nitrogen and oxygen atoms in total. The van der Waals surface area contributed by atoms with Gasteiger partial charge in [0.15, 0.2) is 0 Å². The van der Waals surface area contributed by atoms with Crippen molar-refractivity contribution < 1.29 is 17.9 Å². The number of aryl methyl sites for hydroxylation is 1. The molecule has 4 rings (SSSR count). The molecule has 1 N–H and O–H groups in total. The Labute approximate surface area is 157 Å². The molecule has 1 aromatic carbocycles. The van der Waals surface area contributed by atoms with Gasteiger partial charge in [-0.15, -0.1) is 0 Å². The summed E-state index contributed by atoms with van der Waals surface area (Å²) in [5, 5.41) is 9.81. The van der Waals surface area contributed by atoms with Crippen molar-refractivity contribution in [2.45, 2.75) is 37.2 Å². The molecule has 0 atom stereocenters. The summed E-state index contributed by atoms with van der Waals surface area (Å²) in [5.41, 5.74) is 2.43. The number of hydrogen-bond acceptors (Lipinski definition) is 4. The first-order chi connectivity index (χ1) is 12.9. The van der Waals surface area contributed by atoms with Crippen molar-refractivity contribution in [3.05, 3.63) is 71.4 Å². The van der Waals surface area contributed by atoms with Gasteiger partial charge in [-0.05, 0) is 55.5 Å². The summed E-state index contributed by atoms with van der Waals surface area (Å²) in [6.45, 7) is 1.47. The van der Waals surface area contributed by atoms with Gasteiger partial charge < -0.3 is 5.11 Å². The summed E-state index contributed by atoms with van der Waals surface area (Å²) >= 11 is 0. The number of benzene rings is 1. The summed E-state index contributed by atoms with van der Waals surface area (Å²) in [6, 6.07) is 9.21. The predicted molar refractivity (Wildman–Crippen MR) is 99.3 cm³/mol. The van der Waals surface area contributed by atoms with Crippen LogP contribution in [0.4, 0.5) is 4.39 Å². The van der Waals surface area contributed by atoms with E-state index in [1.54, 1.807) is 31.2 Å². The number of aliphatic hydroxyl groups excluding tert-OH is 1. The molecule has 2 aromatic heterocycles. The second-order valence-corrected chi connectivity index (χ2v) is 8.58. The first kappa shape index (κ1) is 17.9. The maximum absolute atomic E-state index is 14.6. The second-order valence-electron chi connectivity index (χ2n) is 6.76. The van der Waals surface area contributed by atoms with Crippen molar-refractivity contribution >= 4 is 10.0 Å². The van der Waals surface area contributed by atoms with Gasteiger partial charge in [0.1, 0.15) is 10.7 Å². The van der Waals surface area contributed by atoms with Gasteiger partial charge in [0.25, 0.3) is 10.0 Å². The molecular weight excluding hydrogens is 367 g/mol. The van der Waals surface area contributed by atoms with Crippen LogP contribution in [0.1, 0.15) is 35.6 Å². The minimum absolute atomic E-state index is 0.0209. The summed E-state index contributed by atoms with van der Waals surface area (Å²) in [4.78, 5) is 4.09. The summed E-state index contributed by atoms with van der Waals surface area (Å²) in [5.74, 6) is -0.366. The van der Waals surface area contributed by atoms with E-state index in [1.165, 1.54) is 24.5 Å². The highest BCUT2D eigenvalue weighted by Gasteiger charge is 2.35. The molecule has 1 aliphatic rings. The molecule has 1 aliphatic carbocycles. The minimum atomic E-state index is -3.99. The molecule has 0 bridgehead atoms. The Morgan fingerprint density at radius 1 is 1.22 bits per heavy atom. The van der Waals surface area contributed by atoms with E-state index in [4.69, 9.17) is 0 Å². The molecule has 0 saturated heterocycles. The van der Waals surface area contributed by atoms with Gasteiger partial charge in [-0.25, -0.2) is 16.8 Å². The van der Waals surface area contributed by atoms with Crippen LogP contribution in [-0.2, 0) is 16.6 Å². The zero-order valence-electron chi connectivity index (χ0n) is 14.8. The third-order valence-corrected chi connectivity index (χ3v) is 6.46. The third kappa shape index (κ3) is 3.07. The first-order valence-electron chi connectivity index (χ1n) is 8.71. The fraction of sp³-hybridized carbons (Fsp3) is 0.250. The Kier molecular flexibility index (Phi) is 4.36. The number of aliphatic hydroxyl groups is 1. The van der Waals surface area contributed by atoms with Crippen molar-refractivity contribution in [1.82, 2.24) is 8.96 Å². The van der Waals surface area contributed by atoms with Gasteiger partial charge in [0.05, 0.1) is 12.3 Å². The molecule has 3 aromatic rings. The van der Waals surface area contributed by atoms with E-state index in [0.29, 0.717) is 22.5 Å². The van der Waals surface area contributed by atoms with Gasteiger partial charge in [-0.2, -0.15) is 0 Å². The van der Waals surface area contributed by atoms with Gasteiger partial charge in [0, 0.05) is 29.2 Å². The van der Waals surface area contributed by atoms with Crippen LogP contribution in [0, 0.1) is 12.7 Å². The molecular formula is C20H19FN2O3S. The van der Waals surface area contributed by atoms with Crippen LogP contribution < -0.4 is 0 Å². The summed E-state index contributed by atoms with van der Waals surface area (Å²) in [6.07, 6.45) is 4.49. The van der Waals surface area contributed by atoms with Gasteiger partial charge in [0.2, 0.25) is 0 Å². The fourth-order valence-corrected chi connectivity index (χ4v) is 4.68. The van der Waals surface area contributed by atoms with Crippen molar-refractivity contribution in [1.29, 1.82) is 0 Å². The maximum atomic E-state index is 14.6. The molecule has 0 amide bonds. The first-order valence-corrected chi connectivity index (χ1v) is 10.2. The fourth-order valence-electron chi connectivity index (χ4n) is 3.33. The van der Waals surface area contributed by atoms with Crippen LogP contribution in [-0.4, -0.2) is 22.5 Å². The molecule has 2 heterocycles. The van der Waals surface area contributed by atoms with E-state index >= 15 is 0 Å². The zero-order chi connectivity index (χ0) is 19.2. The van der Waals surface area contributed by atoms with Crippen LogP contribution in [0.3, 0.4) is 0 Å². The average Bonchev–Trinajstić information content (AvgIpc) is 3.42. The molecule has 1 fully saturated rings. The Balaban J connectivity index is 2.01. The smallest absolute Gasteiger partial charge is 0.269 e. The Hall–Kier alpha value is -2.51. The van der Waals surface area contributed by atoms with Crippen molar-refractivity contribution in [2.24, 2.45) is 0 Å². The quantitative estimate of drug-likeness (QED) is 0.727. The Morgan fingerprint density at radius 3 is 2.56 bits per heavy atom. The Morgan fingerprint density at radius 2 is 1.96 bits per heavy atom. The lowest BCUT2D eigenvalue weighted by atomic mass is 10.0. The van der Waals surface area contributed by atoms with Crippen LogP contribution in [0.5, 0.6) is 0 Å². The van der Waals surface area contributed by atoms with Crippen LogP contribution in [0.2, 0.25) is 0 Å². The topological polar surface area (TPSA) is 72.2 Å². The summed E-state index contributed by atoms with van der Waals surface area (Å²) in [7, 11) is -3.99. The highest BCUT2D eigenvalue weighted by molar-refractivity contribution is 7.90. The molecule has 7 heteroatoms. The van der Waals surface area contributed by atoms with E-state index in [2.05, 4.69) is 4.98 Å². The highest BCUT2D eigenvalue weighted by atomic mass is 32.2. The number of halogens is 1. The molecule has 27 heavy (non-hydrogen) atoms. The SMILES string of the molecule is Cc1ccc(S(=O)(=O)n2cc(CO)c(C3CC3)c2-c2ccccc2F)cn1. The molecule has 0 radical (unpaired) electrons. The standard InChI is InChI=1S/C20H19FN2O3S/c1-13-6-9-16(10-22-13)27(25,26)23-11-15(12-24)19(14-7-8-14)20(23)17-4-2-3-5-18(17)21/h2-6,9-11,14,24H,7-8,12H2,1H3. The number of nitrogens with zero attached hydrogens (tertiary/aromatic N) is 2. The number of hydrogen-bond donors (Lipinski definition) is 1.